The van der Waals surface area contributed by atoms with E-state index in [4.69, 9.17) is 21.1 Å². The van der Waals surface area contributed by atoms with Gasteiger partial charge in [-0.05, 0) is 43.7 Å². The Morgan fingerprint density at radius 2 is 1.96 bits per heavy atom. The van der Waals surface area contributed by atoms with E-state index in [9.17, 15) is 4.79 Å². The molecule has 0 atom stereocenters. The van der Waals surface area contributed by atoms with E-state index >= 15 is 0 Å². The molecule has 0 spiro atoms. The van der Waals surface area contributed by atoms with Gasteiger partial charge in [0.15, 0.2) is 4.80 Å². The van der Waals surface area contributed by atoms with Crippen LogP contribution in [0.4, 0.5) is 0 Å². The van der Waals surface area contributed by atoms with Gasteiger partial charge in [-0.3, -0.25) is 4.79 Å². The first kappa shape index (κ1) is 20.6. The maximum absolute atomic E-state index is 12.4. The van der Waals surface area contributed by atoms with Crippen LogP contribution in [0.2, 0.25) is 5.02 Å². The number of amides is 1. The third-order valence-electron chi connectivity index (χ3n) is 4.24. The zero-order chi connectivity index (χ0) is 19.9. The minimum atomic E-state index is -0.212. The van der Waals surface area contributed by atoms with Crippen molar-refractivity contribution in [2.24, 2.45) is 4.99 Å². The monoisotopic (exact) mass is 418 g/mol. The number of carbonyl (C=O) groups is 1. The van der Waals surface area contributed by atoms with Crippen LogP contribution >= 0.6 is 22.9 Å². The number of thiazole rings is 1. The third-order valence-corrected chi connectivity index (χ3v) is 5.69. The lowest BCUT2D eigenvalue weighted by molar-refractivity contribution is -0.118. The summed E-state index contributed by atoms with van der Waals surface area (Å²) in [4.78, 5) is 17.4. The molecule has 0 aliphatic rings. The van der Waals surface area contributed by atoms with E-state index in [1.165, 1.54) is 11.3 Å². The molecule has 28 heavy (non-hydrogen) atoms. The van der Waals surface area contributed by atoms with Crippen molar-refractivity contribution in [2.45, 2.75) is 26.8 Å². The summed E-state index contributed by atoms with van der Waals surface area (Å²) in [6, 6.07) is 13.3. The number of aromatic nitrogens is 1. The minimum absolute atomic E-state index is 0.212. The van der Waals surface area contributed by atoms with Crippen molar-refractivity contribution < 1.29 is 14.3 Å². The van der Waals surface area contributed by atoms with E-state index in [-0.39, 0.29) is 12.3 Å². The summed E-state index contributed by atoms with van der Waals surface area (Å²) in [5.74, 6) is 0.533. The highest BCUT2D eigenvalue weighted by Crippen LogP contribution is 2.27. The average molecular weight is 419 g/mol. The molecule has 0 fully saturated rings. The van der Waals surface area contributed by atoms with Crippen molar-refractivity contribution in [3.63, 3.8) is 0 Å². The van der Waals surface area contributed by atoms with Gasteiger partial charge in [0.1, 0.15) is 5.75 Å². The van der Waals surface area contributed by atoms with E-state index in [0.29, 0.717) is 36.2 Å². The van der Waals surface area contributed by atoms with Gasteiger partial charge >= 0.3 is 0 Å². The first-order chi connectivity index (χ1) is 13.6. The number of hydrogen-bond acceptors (Lipinski definition) is 4. The fourth-order valence-corrected chi connectivity index (χ4v) is 4.13. The Bertz CT molecular complexity index is 1010. The Kier molecular flexibility index (Phi) is 7.25. The van der Waals surface area contributed by atoms with Crippen LogP contribution in [0, 0.1) is 6.92 Å². The van der Waals surface area contributed by atoms with Gasteiger partial charge in [-0.2, -0.15) is 4.99 Å². The fourth-order valence-electron chi connectivity index (χ4n) is 2.84. The number of aryl methyl sites for hydroxylation is 1. The van der Waals surface area contributed by atoms with Crippen LogP contribution in [0.5, 0.6) is 5.75 Å². The smallest absolute Gasteiger partial charge is 0.251 e. The van der Waals surface area contributed by atoms with Gasteiger partial charge in [0.05, 0.1) is 29.9 Å². The number of halogens is 1. The highest BCUT2D eigenvalue weighted by atomic mass is 35.5. The number of para-hydroxylation sites is 1. The molecular formula is C21H23ClN2O3S. The third kappa shape index (κ3) is 5.01. The lowest BCUT2D eigenvalue weighted by Gasteiger charge is -2.08. The first-order valence-corrected chi connectivity index (χ1v) is 10.4. The van der Waals surface area contributed by atoms with E-state index < -0.39 is 0 Å². The highest BCUT2D eigenvalue weighted by molar-refractivity contribution is 7.16. The molecule has 0 bridgehead atoms. The number of carbonyl (C=O) groups excluding carboxylic acids is 1. The van der Waals surface area contributed by atoms with Crippen molar-refractivity contribution in [3.05, 3.63) is 57.9 Å². The summed E-state index contributed by atoms with van der Waals surface area (Å²) in [6.45, 7) is 6.04. The van der Waals surface area contributed by atoms with Crippen molar-refractivity contribution in [2.75, 3.05) is 19.8 Å². The summed E-state index contributed by atoms with van der Waals surface area (Å²) in [5, 5.41) is 0.699. The average Bonchev–Trinajstić information content (AvgIpc) is 3.04. The predicted molar refractivity (Wildman–Crippen MR) is 113 cm³/mol. The molecular weight excluding hydrogens is 396 g/mol. The molecule has 7 heteroatoms. The summed E-state index contributed by atoms with van der Waals surface area (Å²) in [7, 11) is 0. The van der Waals surface area contributed by atoms with Gasteiger partial charge in [-0.25, -0.2) is 0 Å². The number of rotatable bonds is 8. The first-order valence-electron chi connectivity index (χ1n) is 9.21. The maximum Gasteiger partial charge on any atom is 0.251 e. The topological polar surface area (TPSA) is 52.8 Å². The molecule has 0 unspecified atom stereocenters. The van der Waals surface area contributed by atoms with Crippen LogP contribution < -0.4 is 9.54 Å². The van der Waals surface area contributed by atoms with Crippen LogP contribution in [0.1, 0.15) is 18.9 Å². The maximum atomic E-state index is 12.4. The normalized spacial score (nSPS) is 11.9. The molecule has 0 saturated carbocycles. The predicted octanol–water partition coefficient (Wildman–Crippen LogP) is 4.60. The Hall–Kier alpha value is -2.15. The Balaban J connectivity index is 1.82. The van der Waals surface area contributed by atoms with Gasteiger partial charge in [-0.1, -0.05) is 41.1 Å². The molecule has 3 aromatic rings. The van der Waals surface area contributed by atoms with Gasteiger partial charge in [0.2, 0.25) is 0 Å². The molecule has 5 nitrogen and oxygen atoms in total. The lowest BCUT2D eigenvalue weighted by atomic mass is 10.2. The highest BCUT2D eigenvalue weighted by Gasteiger charge is 2.12. The zero-order valence-electron chi connectivity index (χ0n) is 16.0. The van der Waals surface area contributed by atoms with E-state index in [1.54, 1.807) is 0 Å². The molecule has 0 radical (unpaired) electrons. The fraction of sp³-hybridized carbons (Fsp3) is 0.333. The molecule has 148 valence electrons. The molecule has 2 aromatic carbocycles. The minimum Gasteiger partial charge on any atom is -0.493 e. The molecule has 1 amide bonds. The van der Waals surface area contributed by atoms with Gasteiger partial charge < -0.3 is 14.0 Å². The SMILES string of the molecule is CCOCCn1c(=NC(=O)CCOc2ccccc2)sc2ccc(Cl)c(C)c21. The number of fused-ring (bicyclic) bond motifs is 1. The number of ether oxygens (including phenoxy) is 2. The van der Waals surface area contributed by atoms with Gasteiger partial charge in [-0.15, -0.1) is 0 Å². The van der Waals surface area contributed by atoms with Crippen molar-refractivity contribution in [1.82, 2.24) is 4.57 Å². The second-order valence-electron chi connectivity index (χ2n) is 6.17. The Morgan fingerprint density at radius 3 is 2.71 bits per heavy atom. The molecule has 0 N–H and O–H groups in total. The summed E-state index contributed by atoms with van der Waals surface area (Å²) < 4.78 is 14.2. The van der Waals surface area contributed by atoms with Crippen molar-refractivity contribution in [3.8, 4) is 5.75 Å². The molecule has 1 aromatic heterocycles. The molecule has 1 heterocycles. The zero-order valence-corrected chi connectivity index (χ0v) is 17.6. The summed E-state index contributed by atoms with van der Waals surface area (Å²) >= 11 is 7.79. The van der Waals surface area contributed by atoms with E-state index in [2.05, 4.69) is 4.99 Å². The van der Waals surface area contributed by atoms with Crippen molar-refractivity contribution in [1.29, 1.82) is 0 Å². The van der Waals surface area contributed by atoms with Crippen LogP contribution in [0.15, 0.2) is 47.5 Å². The van der Waals surface area contributed by atoms with Gasteiger partial charge in [0, 0.05) is 18.2 Å². The quantitative estimate of drug-likeness (QED) is 0.502. The molecule has 0 aliphatic heterocycles. The van der Waals surface area contributed by atoms with Gasteiger partial charge in [0.25, 0.3) is 5.91 Å². The van der Waals surface area contributed by atoms with E-state index in [1.807, 2.05) is 60.9 Å². The van der Waals surface area contributed by atoms with E-state index in [0.717, 1.165) is 21.5 Å². The van der Waals surface area contributed by atoms with Crippen LogP contribution in [-0.2, 0) is 16.1 Å². The van der Waals surface area contributed by atoms with Crippen LogP contribution in [0.3, 0.4) is 0 Å². The summed E-state index contributed by atoms with van der Waals surface area (Å²) in [5.41, 5.74) is 1.98. The largest absolute Gasteiger partial charge is 0.493 e. The standard InChI is InChI=1S/C21H23ClN2O3S/c1-3-26-14-12-24-20-15(2)17(22)9-10-18(20)28-21(24)23-19(25)11-13-27-16-7-5-4-6-8-16/h4-10H,3,11-14H2,1-2H3. The number of nitrogens with zero attached hydrogens (tertiary/aromatic N) is 2. The van der Waals surface area contributed by atoms with Crippen LogP contribution in [-0.4, -0.2) is 30.3 Å². The van der Waals surface area contributed by atoms with Crippen LogP contribution in [0.25, 0.3) is 10.2 Å². The molecule has 3 rings (SSSR count). The second-order valence-corrected chi connectivity index (χ2v) is 7.59. The lowest BCUT2D eigenvalue weighted by Crippen LogP contribution is -2.20. The Morgan fingerprint density at radius 1 is 1.18 bits per heavy atom. The number of hydrogen-bond donors (Lipinski definition) is 0. The Labute approximate surface area is 173 Å². The molecule has 0 aliphatic carbocycles. The number of benzene rings is 2. The molecule has 0 saturated heterocycles. The summed E-state index contributed by atoms with van der Waals surface area (Å²) in [6.07, 6.45) is 0.217. The second kappa shape index (κ2) is 9.87. The van der Waals surface area contributed by atoms with Crippen molar-refractivity contribution >= 4 is 39.1 Å².